The molecular formula is C10H21NO3. The van der Waals surface area contributed by atoms with E-state index in [9.17, 15) is 10.1 Å². The number of aliphatic hydroxyl groups is 1. The third kappa shape index (κ3) is 4.56. The van der Waals surface area contributed by atoms with Crippen LogP contribution in [0.1, 0.15) is 52.4 Å². The molecule has 0 fully saturated rings. The summed E-state index contributed by atoms with van der Waals surface area (Å²) in [6, 6.07) is 0. The topological polar surface area (TPSA) is 63.4 Å². The first kappa shape index (κ1) is 13.4. The van der Waals surface area contributed by atoms with Crippen molar-refractivity contribution in [1.82, 2.24) is 0 Å². The Bertz CT molecular complexity index is 173. The molecule has 0 aliphatic heterocycles. The molecule has 0 bridgehead atoms. The van der Waals surface area contributed by atoms with Crippen LogP contribution in [-0.4, -0.2) is 22.2 Å². The lowest BCUT2D eigenvalue weighted by molar-refractivity contribution is -0.570. The minimum absolute atomic E-state index is 0.367. The van der Waals surface area contributed by atoms with Gasteiger partial charge in [-0.2, -0.15) is 0 Å². The zero-order valence-corrected chi connectivity index (χ0v) is 9.16. The maximum atomic E-state index is 10.6. The van der Waals surface area contributed by atoms with Gasteiger partial charge in [-0.15, -0.1) is 0 Å². The van der Waals surface area contributed by atoms with Crippen LogP contribution in [0.5, 0.6) is 0 Å². The molecular weight excluding hydrogens is 182 g/mol. The number of aliphatic hydroxyl groups excluding tert-OH is 1. The van der Waals surface area contributed by atoms with Gasteiger partial charge in [0.25, 0.3) is 0 Å². The molecule has 1 N–H and O–H groups in total. The molecule has 0 aromatic carbocycles. The molecule has 84 valence electrons. The van der Waals surface area contributed by atoms with Gasteiger partial charge in [-0.3, -0.25) is 10.1 Å². The monoisotopic (exact) mass is 203 g/mol. The predicted octanol–water partition coefficient (Wildman–Crippen LogP) is 2.37. The summed E-state index contributed by atoms with van der Waals surface area (Å²) in [6.45, 7) is 3.27. The van der Waals surface area contributed by atoms with Gasteiger partial charge in [0, 0.05) is 18.3 Å². The summed E-state index contributed by atoms with van der Waals surface area (Å²) < 4.78 is 0. The first-order valence-electron chi connectivity index (χ1n) is 5.32. The normalized spacial score (nSPS) is 15.1. The number of nitro groups is 1. The van der Waals surface area contributed by atoms with E-state index in [2.05, 4.69) is 6.92 Å². The van der Waals surface area contributed by atoms with Gasteiger partial charge in [-0.25, -0.2) is 0 Å². The van der Waals surface area contributed by atoms with Gasteiger partial charge in [0.1, 0.15) is 6.61 Å². The van der Waals surface area contributed by atoms with E-state index in [1.807, 2.05) is 0 Å². The fourth-order valence-corrected chi connectivity index (χ4v) is 1.34. The van der Waals surface area contributed by atoms with Crippen molar-refractivity contribution >= 4 is 0 Å². The Hall–Kier alpha value is -0.640. The van der Waals surface area contributed by atoms with Crippen molar-refractivity contribution in [3.63, 3.8) is 0 Å². The Balaban J connectivity index is 3.68. The summed E-state index contributed by atoms with van der Waals surface area (Å²) in [5, 5.41) is 19.5. The summed E-state index contributed by atoms with van der Waals surface area (Å²) in [4.78, 5) is 10.2. The fraction of sp³-hybridized carbons (Fsp3) is 1.00. The van der Waals surface area contributed by atoms with Gasteiger partial charge >= 0.3 is 0 Å². The Morgan fingerprint density at radius 2 is 1.86 bits per heavy atom. The molecule has 0 aliphatic carbocycles. The van der Waals surface area contributed by atoms with Crippen LogP contribution >= 0.6 is 0 Å². The zero-order chi connectivity index (χ0) is 11.0. The average molecular weight is 203 g/mol. The third-order valence-electron chi connectivity index (χ3n) is 2.60. The number of hydrogen-bond donors (Lipinski definition) is 1. The van der Waals surface area contributed by atoms with Crippen molar-refractivity contribution in [3.05, 3.63) is 10.1 Å². The number of nitrogens with zero attached hydrogens (tertiary/aromatic N) is 1. The van der Waals surface area contributed by atoms with E-state index in [0.29, 0.717) is 6.42 Å². The van der Waals surface area contributed by atoms with Crippen molar-refractivity contribution in [3.8, 4) is 0 Å². The minimum Gasteiger partial charge on any atom is -0.389 e. The van der Waals surface area contributed by atoms with Crippen molar-refractivity contribution in [2.45, 2.75) is 57.9 Å². The molecule has 0 saturated carbocycles. The zero-order valence-electron chi connectivity index (χ0n) is 9.16. The predicted molar refractivity (Wildman–Crippen MR) is 55.9 cm³/mol. The highest BCUT2D eigenvalue weighted by Gasteiger charge is 2.35. The van der Waals surface area contributed by atoms with Crippen molar-refractivity contribution < 1.29 is 10.0 Å². The van der Waals surface area contributed by atoms with Gasteiger partial charge in [-0.1, -0.05) is 32.6 Å². The highest BCUT2D eigenvalue weighted by molar-refractivity contribution is 4.71. The van der Waals surface area contributed by atoms with Gasteiger partial charge < -0.3 is 5.11 Å². The summed E-state index contributed by atoms with van der Waals surface area (Å²) >= 11 is 0. The minimum atomic E-state index is -1.13. The third-order valence-corrected chi connectivity index (χ3v) is 2.60. The molecule has 0 aromatic heterocycles. The molecule has 0 aliphatic rings. The summed E-state index contributed by atoms with van der Waals surface area (Å²) in [6.07, 6.45) is 5.83. The molecule has 4 nitrogen and oxygen atoms in total. The van der Waals surface area contributed by atoms with Gasteiger partial charge in [-0.05, 0) is 6.42 Å². The second kappa shape index (κ2) is 6.76. The van der Waals surface area contributed by atoms with Crippen molar-refractivity contribution in [2.24, 2.45) is 0 Å². The average Bonchev–Trinajstić information content (AvgIpc) is 2.17. The Labute approximate surface area is 85.5 Å². The molecule has 1 atom stereocenters. The van der Waals surface area contributed by atoms with E-state index in [0.717, 1.165) is 19.3 Å². The Kier molecular flexibility index (Phi) is 6.45. The highest BCUT2D eigenvalue weighted by Crippen LogP contribution is 2.18. The molecule has 4 heteroatoms. The number of hydrogen-bond acceptors (Lipinski definition) is 3. The van der Waals surface area contributed by atoms with Gasteiger partial charge in [0.15, 0.2) is 0 Å². The lowest BCUT2D eigenvalue weighted by atomic mass is 9.96. The van der Waals surface area contributed by atoms with Crippen LogP contribution in [0.15, 0.2) is 0 Å². The van der Waals surface area contributed by atoms with Crippen molar-refractivity contribution in [2.75, 3.05) is 6.61 Å². The summed E-state index contributed by atoms with van der Waals surface area (Å²) in [5.74, 6) is 0. The SMILES string of the molecule is CCCCCCCC(C)(CO)[N+](=O)[O-]. The largest absolute Gasteiger partial charge is 0.389 e. The lowest BCUT2D eigenvalue weighted by Crippen LogP contribution is -2.38. The van der Waals surface area contributed by atoms with Crippen LogP contribution in [0.2, 0.25) is 0 Å². The molecule has 0 heterocycles. The summed E-state index contributed by atoms with van der Waals surface area (Å²) in [5.41, 5.74) is -1.13. The van der Waals surface area contributed by atoms with Crippen molar-refractivity contribution in [1.29, 1.82) is 0 Å². The smallest absolute Gasteiger partial charge is 0.242 e. The molecule has 0 spiro atoms. The molecule has 0 rings (SSSR count). The molecule has 14 heavy (non-hydrogen) atoms. The second-order valence-corrected chi connectivity index (χ2v) is 4.08. The highest BCUT2D eigenvalue weighted by atomic mass is 16.6. The van der Waals surface area contributed by atoms with E-state index in [-0.39, 0.29) is 11.5 Å². The van der Waals surface area contributed by atoms with Crippen LogP contribution < -0.4 is 0 Å². The standard InChI is InChI=1S/C10H21NO3/c1-3-4-5-6-7-8-10(2,9-12)11(13)14/h12H,3-9H2,1-2H3. The molecule has 0 aromatic rings. The second-order valence-electron chi connectivity index (χ2n) is 4.08. The van der Waals surface area contributed by atoms with Crippen LogP contribution in [0.4, 0.5) is 0 Å². The van der Waals surface area contributed by atoms with Crippen LogP contribution in [0.25, 0.3) is 0 Å². The Morgan fingerprint density at radius 1 is 1.29 bits per heavy atom. The quantitative estimate of drug-likeness (QED) is 0.374. The number of unbranched alkanes of at least 4 members (excludes halogenated alkanes) is 4. The van der Waals surface area contributed by atoms with E-state index >= 15 is 0 Å². The van der Waals surface area contributed by atoms with E-state index in [1.165, 1.54) is 19.8 Å². The van der Waals surface area contributed by atoms with Crippen LogP contribution in [0.3, 0.4) is 0 Å². The Morgan fingerprint density at radius 3 is 2.29 bits per heavy atom. The fourth-order valence-electron chi connectivity index (χ4n) is 1.34. The van der Waals surface area contributed by atoms with E-state index in [1.54, 1.807) is 0 Å². The van der Waals surface area contributed by atoms with E-state index < -0.39 is 5.54 Å². The maximum absolute atomic E-state index is 10.6. The molecule has 0 amide bonds. The first-order chi connectivity index (χ1) is 6.56. The molecule has 0 saturated heterocycles. The molecule has 0 radical (unpaired) electrons. The van der Waals surface area contributed by atoms with Gasteiger partial charge in [0.05, 0.1) is 0 Å². The lowest BCUT2D eigenvalue weighted by Gasteiger charge is -2.17. The first-order valence-corrected chi connectivity index (χ1v) is 5.32. The number of rotatable bonds is 8. The van der Waals surface area contributed by atoms with E-state index in [4.69, 9.17) is 5.11 Å². The maximum Gasteiger partial charge on any atom is 0.242 e. The van der Waals surface area contributed by atoms with Crippen LogP contribution in [-0.2, 0) is 0 Å². The molecule has 1 unspecified atom stereocenters. The summed E-state index contributed by atoms with van der Waals surface area (Å²) in [7, 11) is 0. The van der Waals surface area contributed by atoms with Crippen LogP contribution in [0, 0.1) is 10.1 Å². The van der Waals surface area contributed by atoms with Gasteiger partial charge in [0.2, 0.25) is 5.54 Å².